The normalized spacial score (nSPS) is 18.3. The molecule has 43 heavy (non-hydrogen) atoms. The number of likely N-dealkylation sites (tertiary alicyclic amines) is 1. The predicted molar refractivity (Wildman–Crippen MR) is 162 cm³/mol. The minimum Gasteiger partial charge on any atom is -0.363 e. The molecule has 2 saturated heterocycles. The molecule has 0 aliphatic carbocycles. The first-order valence-electron chi connectivity index (χ1n) is 14.9. The molecule has 3 aromatic heterocycles. The van der Waals surface area contributed by atoms with E-state index in [1.807, 2.05) is 59.1 Å². The summed E-state index contributed by atoms with van der Waals surface area (Å²) in [6.07, 6.45) is 6.06. The summed E-state index contributed by atoms with van der Waals surface area (Å²) in [5.74, 6) is -0.315. The molecule has 0 unspecified atom stereocenters. The molecule has 222 valence electrons. The van der Waals surface area contributed by atoms with E-state index in [9.17, 15) is 4.79 Å². The Morgan fingerprint density at radius 1 is 1.07 bits per heavy atom. The van der Waals surface area contributed by atoms with Crippen LogP contribution in [0.15, 0.2) is 54.9 Å². The van der Waals surface area contributed by atoms with Gasteiger partial charge in [-0.3, -0.25) is 14.1 Å². The van der Waals surface area contributed by atoms with Gasteiger partial charge < -0.3 is 15.1 Å². The number of nitrogens with one attached hydrogen (secondary N) is 1. The quantitative estimate of drug-likeness (QED) is 0.349. The third kappa shape index (κ3) is 6.50. The molecule has 4 aromatic rings. The number of benzene rings is 1. The van der Waals surface area contributed by atoms with Crippen LogP contribution in [0.3, 0.4) is 0 Å². The highest BCUT2D eigenvalue weighted by Crippen LogP contribution is 2.30. The SMILES string of the molecule is CN1CCCN(Cc2ccc(-c3nc(-c4cnc5ccccn45)nc(N[C@@H]4CCCN(C(=O)CC#N)C4)c3F)cc2)CC1. The summed E-state index contributed by atoms with van der Waals surface area (Å²) in [7, 11) is 2.16. The average Bonchev–Trinajstić information content (AvgIpc) is 3.35. The molecule has 1 amide bonds. The predicted octanol–water partition coefficient (Wildman–Crippen LogP) is 4.05. The fourth-order valence-electron chi connectivity index (χ4n) is 5.93. The Hall–Kier alpha value is -4.40. The van der Waals surface area contributed by atoms with Gasteiger partial charge in [-0.25, -0.2) is 19.3 Å². The third-order valence-corrected chi connectivity index (χ3v) is 8.29. The maximum absolute atomic E-state index is 16.2. The number of hydrogen-bond acceptors (Lipinski definition) is 8. The van der Waals surface area contributed by atoms with Gasteiger partial charge >= 0.3 is 0 Å². The molecule has 5 heterocycles. The number of hydrogen-bond donors (Lipinski definition) is 1. The summed E-state index contributed by atoms with van der Waals surface area (Å²) < 4.78 is 18.1. The van der Waals surface area contributed by atoms with Crippen molar-refractivity contribution in [2.75, 3.05) is 51.6 Å². The van der Waals surface area contributed by atoms with Gasteiger partial charge in [0.15, 0.2) is 17.5 Å². The lowest BCUT2D eigenvalue weighted by Crippen LogP contribution is -2.45. The second-order valence-corrected chi connectivity index (χ2v) is 11.4. The van der Waals surface area contributed by atoms with Gasteiger partial charge in [0.1, 0.15) is 23.5 Å². The van der Waals surface area contributed by atoms with Crippen molar-refractivity contribution in [1.82, 2.24) is 34.1 Å². The summed E-state index contributed by atoms with van der Waals surface area (Å²) in [6, 6.07) is 15.4. The van der Waals surface area contributed by atoms with E-state index in [0.29, 0.717) is 30.2 Å². The molecule has 2 aliphatic heterocycles. The van der Waals surface area contributed by atoms with E-state index >= 15 is 4.39 Å². The lowest BCUT2D eigenvalue weighted by molar-refractivity contribution is -0.131. The van der Waals surface area contributed by atoms with Crippen molar-refractivity contribution >= 4 is 17.4 Å². The molecule has 6 rings (SSSR count). The number of piperidine rings is 1. The van der Waals surface area contributed by atoms with Crippen molar-refractivity contribution in [2.24, 2.45) is 0 Å². The molecule has 0 saturated carbocycles. The zero-order chi connectivity index (χ0) is 29.8. The fourth-order valence-corrected chi connectivity index (χ4v) is 5.93. The number of nitriles is 1. The number of rotatable bonds is 7. The third-order valence-electron chi connectivity index (χ3n) is 8.29. The van der Waals surface area contributed by atoms with Crippen LogP contribution in [0.2, 0.25) is 0 Å². The molecule has 10 nitrogen and oxygen atoms in total. The Morgan fingerprint density at radius 2 is 1.93 bits per heavy atom. The van der Waals surface area contributed by atoms with E-state index in [0.717, 1.165) is 57.6 Å². The molecule has 2 fully saturated rings. The second-order valence-electron chi connectivity index (χ2n) is 11.4. The highest BCUT2D eigenvalue weighted by Gasteiger charge is 2.26. The van der Waals surface area contributed by atoms with Gasteiger partial charge in [0.2, 0.25) is 5.91 Å². The van der Waals surface area contributed by atoms with Crippen LogP contribution in [-0.4, -0.2) is 92.3 Å². The van der Waals surface area contributed by atoms with Gasteiger partial charge in [-0.2, -0.15) is 5.26 Å². The molecule has 1 atom stereocenters. The number of fused-ring (bicyclic) bond motifs is 1. The number of pyridine rings is 1. The van der Waals surface area contributed by atoms with E-state index in [4.69, 9.17) is 10.2 Å². The summed E-state index contributed by atoms with van der Waals surface area (Å²) in [4.78, 5) is 32.7. The molecule has 0 spiro atoms. The Morgan fingerprint density at radius 3 is 2.77 bits per heavy atom. The Labute approximate surface area is 250 Å². The maximum atomic E-state index is 16.2. The number of carbonyl (C=O) groups is 1. The zero-order valence-corrected chi connectivity index (χ0v) is 24.4. The van der Waals surface area contributed by atoms with Crippen LogP contribution in [0, 0.1) is 17.1 Å². The van der Waals surface area contributed by atoms with Gasteiger partial charge in [0.25, 0.3) is 0 Å². The first kappa shape index (κ1) is 28.7. The van der Waals surface area contributed by atoms with Crippen molar-refractivity contribution in [2.45, 2.75) is 38.3 Å². The largest absolute Gasteiger partial charge is 0.363 e. The summed E-state index contributed by atoms with van der Waals surface area (Å²) >= 11 is 0. The summed E-state index contributed by atoms with van der Waals surface area (Å²) in [6.45, 7) is 6.07. The fraction of sp³-hybridized carbons (Fsp3) is 0.406. The van der Waals surface area contributed by atoms with E-state index in [-0.39, 0.29) is 29.9 Å². The maximum Gasteiger partial charge on any atom is 0.236 e. The monoisotopic (exact) mass is 581 g/mol. The van der Waals surface area contributed by atoms with Gasteiger partial charge in [-0.05, 0) is 57.1 Å². The van der Waals surface area contributed by atoms with Crippen LogP contribution in [0.25, 0.3) is 28.4 Å². The Balaban J connectivity index is 1.31. The molecule has 1 aromatic carbocycles. The van der Waals surface area contributed by atoms with Crippen LogP contribution in [0.5, 0.6) is 0 Å². The molecule has 11 heteroatoms. The van der Waals surface area contributed by atoms with E-state index in [2.05, 4.69) is 32.1 Å². The highest BCUT2D eigenvalue weighted by atomic mass is 19.1. The number of carbonyl (C=O) groups excluding carboxylic acids is 1. The lowest BCUT2D eigenvalue weighted by Gasteiger charge is -2.33. The first-order chi connectivity index (χ1) is 21.0. The average molecular weight is 582 g/mol. The van der Waals surface area contributed by atoms with Crippen LogP contribution >= 0.6 is 0 Å². The molecular weight excluding hydrogens is 545 g/mol. The van der Waals surface area contributed by atoms with E-state index in [1.165, 1.54) is 5.56 Å². The first-order valence-corrected chi connectivity index (χ1v) is 14.9. The van der Waals surface area contributed by atoms with Crippen molar-refractivity contribution in [1.29, 1.82) is 5.26 Å². The zero-order valence-electron chi connectivity index (χ0n) is 24.4. The van der Waals surface area contributed by atoms with Gasteiger partial charge in [-0.15, -0.1) is 0 Å². The Kier molecular flexibility index (Phi) is 8.58. The van der Waals surface area contributed by atoms with Crippen molar-refractivity contribution in [3.8, 4) is 28.8 Å². The molecule has 1 N–H and O–H groups in total. The second kappa shape index (κ2) is 12.9. The molecule has 2 aliphatic rings. The lowest BCUT2D eigenvalue weighted by atomic mass is 10.0. The highest BCUT2D eigenvalue weighted by molar-refractivity contribution is 5.78. The standard InChI is InChI=1S/C32H36FN9O/c1-39-14-5-15-40(19-18-39)21-23-8-10-24(11-9-23)30-29(33)32(36-25-6-4-16-41(22-25)28(43)12-13-34)38-31(37-30)26-20-35-27-7-2-3-17-42(26)27/h2-3,7-11,17,20,25H,4-6,12,14-16,18-19,21-22H2,1H3,(H,36,37,38)/t25-/m1/s1. The number of likely N-dealkylation sites (N-methyl/N-ethyl adjacent to an activating group) is 1. The number of imidazole rings is 1. The number of halogens is 1. The number of amides is 1. The van der Waals surface area contributed by atoms with Crippen LogP contribution in [0.1, 0.15) is 31.2 Å². The molecular formula is C32H36FN9O. The smallest absolute Gasteiger partial charge is 0.236 e. The van der Waals surface area contributed by atoms with Gasteiger partial charge in [-0.1, -0.05) is 30.3 Å². The topological polar surface area (TPSA) is 106 Å². The number of anilines is 1. The number of nitrogens with zero attached hydrogens (tertiary/aromatic N) is 8. The van der Waals surface area contributed by atoms with Crippen LogP contribution in [0.4, 0.5) is 10.2 Å². The van der Waals surface area contributed by atoms with Crippen molar-refractivity contribution in [3.05, 3.63) is 66.2 Å². The van der Waals surface area contributed by atoms with Crippen molar-refractivity contribution < 1.29 is 9.18 Å². The minimum absolute atomic E-state index is 0.0863. The van der Waals surface area contributed by atoms with E-state index < -0.39 is 5.82 Å². The Bertz CT molecular complexity index is 1630. The van der Waals surface area contributed by atoms with Crippen molar-refractivity contribution in [3.63, 3.8) is 0 Å². The molecule has 0 radical (unpaired) electrons. The van der Waals surface area contributed by atoms with Crippen LogP contribution < -0.4 is 5.32 Å². The molecule has 0 bridgehead atoms. The van der Waals surface area contributed by atoms with E-state index in [1.54, 1.807) is 11.1 Å². The van der Waals surface area contributed by atoms with Crippen LogP contribution in [-0.2, 0) is 11.3 Å². The van der Waals surface area contributed by atoms with Gasteiger partial charge in [0, 0.05) is 50.5 Å². The summed E-state index contributed by atoms with van der Waals surface area (Å²) in [5.41, 5.74) is 3.43. The number of aromatic nitrogens is 4. The minimum atomic E-state index is -0.540. The van der Waals surface area contributed by atoms with Gasteiger partial charge in [0.05, 0.1) is 12.3 Å². The summed E-state index contributed by atoms with van der Waals surface area (Å²) in [5, 5.41) is 12.2.